The van der Waals surface area contributed by atoms with E-state index in [-0.39, 0.29) is 43.2 Å². The first-order valence-corrected chi connectivity index (χ1v) is 10.0. The van der Waals surface area contributed by atoms with Crippen molar-refractivity contribution in [3.63, 3.8) is 0 Å². The zero-order chi connectivity index (χ0) is 23.3. The van der Waals surface area contributed by atoms with Gasteiger partial charge in [0.25, 0.3) is 5.69 Å². The SMILES string of the molecule is COC(=O)CN(Cc1ccc(Cl)cc1)C(=O)CCCn1c(=O)oc2cc([N+](=O)[O-])ccc21. The van der Waals surface area contributed by atoms with Crippen LogP contribution in [-0.4, -0.2) is 39.9 Å². The fourth-order valence-corrected chi connectivity index (χ4v) is 3.32. The predicted octanol–water partition coefficient (Wildman–Crippen LogP) is 3.14. The van der Waals surface area contributed by atoms with Crippen molar-refractivity contribution in [2.45, 2.75) is 25.9 Å². The number of esters is 1. The molecule has 0 aliphatic carbocycles. The van der Waals surface area contributed by atoms with Gasteiger partial charge >= 0.3 is 11.7 Å². The minimum atomic E-state index is -0.666. The van der Waals surface area contributed by atoms with Gasteiger partial charge in [0.05, 0.1) is 23.6 Å². The summed E-state index contributed by atoms with van der Waals surface area (Å²) in [7, 11) is 1.24. The van der Waals surface area contributed by atoms with Gasteiger partial charge in [0, 0.05) is 30.6 Å². The maximum absolute atomic E-state index is 12.8. The predicted molar refractivity (Wildman–Crippen MR) is 115 cm³/mol. The number of halogens is 1. The first kappa shape index (κ1) is 23.0. The molecule has 0 aliphatic heterocycles. The van der Waals surface area contributed by atoms with Crippen LogP contribution in [0.2, 0.25) is 5.02 Å². The van der Waals surface area contributed by atoms with E-state index in [9.17, 15) is 24.5 Å². The summed E-state index contributed by atoms with van der Waals surface area (Å²) in [4.78, 5) is 48.3. The highest BCUT2D eigenvalue weighted by Gasteiger charge is 2.19. The van der Waals surface area contributed by atoms with Crippen LogP contribution in [0.15, 0.2) is 51.7 Å². The highest BCUT2D eigenvalue weighted by molar-refractivity contribution is 6.30. The van der Waals surface area contributed by atoms with E-state index in [2.05, 4.69) is 4.74 Å². The number of oxazole rings is 1. The van der Waals surface area contributed by atoms with Crippen LogP contribution in [0.5, 0.6) is 0 Å². The summed E-state index contributed by atoms with van der Waals surface area (Å²) in [5.41, 5.74) is 1.12. The molecule has 0 bridgehead atoms. The Balaban J connectivity index is 1.68. The second-order valence-electron chi connectivity index (χ2n) is 6.98. The molecule has 1 aromatic heterocycles. The van der Waals surface area contributed by atoms with Crippen LogP contribution in [0.25, 0.3) is 11.1 Å². The van der Waals surface area contributed by atoms with Crippen LogP contribution in [0.3, 0.4) is 0 Å². The molecule has 32 heavy (non-hydrogen) atoms. The second-order valence-corrected chi connectivity index (χ2v) is 7.42. The number of methoxy groups -OCH3 is 1. The molecule has 1 heterocycles. The lowest BCUT2D eigenvalue weighted by Crippen LogP contribution is -2.35. The molecule has 0 N–H and O–H groups in total. The van der Waals surface area contributed by atoms with E-state index in [1.165, 1.54) is 34.8 Å². The summed E-state index contributed by atoms with van der Waals surface area (Å²) in [5.74, 6) is -1.51. The number of aryl methyl sites for hydroxylation is 1. The smallest absolute Gasteiger partial charge is 0.419 e. The number of nitro groups is 1. The van der Waals surface area contributed by atoms with E-state index >= 15 is 0 Å². The average molecular weight is 462 g/mol. The molecule has 0 saturated carbocycles. The highest BCUT2D eigenvalue weighted by Crippen LogP contribution is 2.20. The Hall–Kier alpha value is -3.66. The second kappa shape index (κ2) is 10.1. The van der Waals surface area contributed by atoms with Crippen molar-refractivity contribution in [3.05, 3.63) is 73.7 Å². The van der Waals surface area contributed by atoms with E-state index in [0.717, 1.165) is 5.56 Å². The summed E-state index contributed by atoms with van der Waals surface area (Å²) < 4.78 is 11.1. The third-order valence-corrected chi connectivity index (χ3v) is 5.07. The van der Waals surface area contributed by atoms with E-state index < -0.39 is 16.6 Å². The minimum Gasteiger partial charge on any atom is -0.468 e. The number of rotatable bonds is 9. The number of benzene rings is 2. The summed E-state index contributed by atoms with van der Waals surface area (Å²) in [5, 5.41) is 11.4. The van der Waals surface area contributed by atoms with Gasteiger partial charge in [0.2, 0.25) is 5.91 Å². The monoisotopic (exact) mass is 461 g/mol. The summed E-state index contributed by atoms with van der Waals surface area (Å²) in [6.45, 7) is 0.155. The molecule has 0 radical (unpaired) electrons. The lowest BCUT2D eigenvalue weighted by atomic mass is 10.2. The number of nitro benzene ring substituents is 1. The molecule has 3 aromatic rings. The number of hydrogen-bond acceptors (Lipinski definition) is 7. The van der Waals surface area contributed by atoms with Crippen LogP contribution >= 0.6 is 11.6 Å². The van der Waals surface area contributed by atoms with Crippen molar-refractivity contribution in [1.29, 1.82) is 0 Å². The van der Waals surface area contributed by atoms with Crippen molar-refractivity contribution < 1.29 is 23.7 Å². The lowest BCUT2D eigenvalue weighted by Gasteiger charge is -2.21. The van der Waals surface area contributed by atoms with Gasteiger partial charge in [0.15, 0.2) is 5.58 Å². The summed E-state index contributed by atoms with van der Waals surface area (Å²) in [6.07, 6.45) is 0.360. The molecule has 0 unspecified atom stereocenters. The minimum absolute atomic E-state index is 0.0661. The van der Waals surface area contributed by atoms with Crippen molar-refractivity contribution in [2.24, 2.45) is 0 Å². The molecule has 2 aromatic carbocycles. The van der Waals surface area contributed by atoms with Gasteiger partial charge in [0.1, 0.15) is 6.54 Å². The quantitative estimate of drug-likeness (QED) is 0.272. The Labute approximate surface area is 187 Å². The van der Waals surface area contributed by atoms with Crippen molar-refractivity contribution in [1.82, 2.24) is 9.47 Å². The molecule has 3 rings (SSSR count). The average Bonchev–Trinajstić information content (AvgIpc) is 3.08. The third kappa shape index (κ3) is 5.52. The standard InChI is InChI=1S/C21H20ClN3O7/c1-31-20(27)13-23(12-14-4-6-15(22)7-5-14)19(26)3-2-10-24-17-9-8-16(25(29)30)11-18(17)32-21(24)28/h4-9,11H,2-3,10,12-13H2,1H3. The molecule has 0 aliphatic rings. The van der Waals surface area contributed by atoms with Crippen LogP contribution in [0, 0.1) is 10.1 Å². The van der Waals surface area contributed by atoms with Gasteiger partial charge in [-0.05, 0) is 30.2 Å². The lowest BCUT2D eigenvalue weighted by molar-refractivity contribution is -0.384. The van der Waals surface area contributed by atoms with Crippen molar-refractivity contribution in [2.75, 3.05) is 13.7 Å². The Morgan fingerprint density at radius 2 is 1.94 bits per heavy atom. The Morgan fingerprint density at radius 1 is 1.22 bits per heavy atom. The number of nitrogens with zero attached hydrogens (tertiary/aromatic N) is 3. The van der Waals surface area contributed by atoms with Gasteiger partial charge in [-0.3, -0.25) is 24.3 Å². The molecule has 1 amide bonds. The summed E-state index contributed by atoms with van der Waals surface area (Å²) in [6, 6.07) is 10.8. The van der Waals surface area contributed by atoms with E-state index in [4.69, 9.17) is 16.0 Å². The molecule has 0 atom stereocenters. The van der Waals surface area contributed by atoms with E-state index in [1.807, 2.05) is 0 Å². The molecule has 0 saturated heterocycles. The van der Waals surface area contributed by atoms with Crippen LogP contribution < -0.4 is 5.76 Å². The molecule has 0 fully saturated rings. The van der Waals surface area contributed by atoms with Crippen molar-refractivity contribution >= 4 is 40.3 Å². The first-order chi connectivity index (χ1) is 15.3. The molecular formula is C21H20ClN3O7. The summed E-state index contributed by atoms with van der Waals surface area (Å²) >= 11 is 5.89. The maximum Gasteiger partial charge on any atom is 0.419 e. The number of ether oxygens (including phenoxy) is 1. The molecule has 168 valence electrons. The fourth-order valence-electron chi connectivity index (χ4n) is 3.19. The third-order valence-electron chi connectivity index (χ3n) is 4.82. The van der Waals surface area contributed by atoms with Crippen LogP contribution in [-0.2, 0) is 27.4 Å². The number of fused-ring (bicyclic) bond motifs is 1. The van der Waals surface area contributed by atoms with Gasteiger partial charge in [-0.25, -0.2) is 4.79 Å². The largest absolute Gasteiger partial charge is 0.468 e. The van der Waals surface area contributed by atoms with Gasteiger partial charge in [-0.2, -0.15) is 0 Å². The fraction of sp³-hybridized carbons (Fsp3) is 0.286. The number of amides is 1. The van der Waals surface area contributed by atoms with Gasteiger partial charge in [-0.1, -0.05) is 23.7 Å². The Morgan fingerprint density at radius 3 is 2.59 bits per heavy atom. The van der Waals surface area contributed by atoms with Crippen LogP contribution in [0.1, 0.15) is 18.4 Å². The molecular weight excluding hydrogens is 442 g/mol. The zero-order valence-corrected chi connectivity index (χ0v) is 17.9. The van der Waals surface area contributed by atoms with Gasteiger partial charge < -0.3 is 14.1 Å². The number of carbonyl (C=O) groups is 2. The number of hydrogen-bond donors (Lipinski definition) is 0. The maximum atomic E-state index is 12.8. The molecule has 0 spiro atoms. The zero-order valence-electron chi connectivity index (χ0n) is 17.2. The number of carbonyl (C=O) groups excluding carboxylic acids is 2. The van der Waals surface area contributed by atoms with E-state index in [0.29, 0.717) is 17.0 Å². The Bertz CT molecular complexity index is 1200. The topological polar surface area (TPSA) is 125 Å². The normalized spacial score (nSPS) is 10.8. The van der Waals surface area contributed by atoms with Gasteiger partial charge in [-0.15, -0.1) is 0 Å². The number of non-ortho nitro benzene ring substituents is 1. The molecule has 10 nitrogen and oxygen atoms in total. The first-order valence-electron chi connectivity index (χ1n) is 9.65. The van der Waals surface area contributed by atoms with Crippen LogP contribution in [0.4, 0.5) is 5.69 Å². The Kier molecular flexibility index (Phi) is 7.26. The number of aromatic nitrogens is 1. The van der Waals surface area contributed by atoms with Crippen molar-refractivity contribution in [3.8, 4) is 0 Å². The molecule has 11 heteroatoms. The van der Waals surface area contributed by atoms with E-state index in [1.54, 1.807) is 24.3 Å². The highest BCUT2D eigenvalue weighted by atomic mass is 35.5.